The van der Waals surface area contributed by atoms with Gasteiger partial charge in [-0.25, -0.2) is 9.37 Å². The minimum atomic E-state index is -0.850. The van der Waals surface area contributed by atoms with E-state index in [1.807, 2.05) is 0 Å². The summed E-state index contributed by atoms with van der Waals surface area (Å²) in [6, 6.07) is 5.21. The van der Waals surface area contributed by atoms with E-state index in [1.165, 1.54) is 6.07 Å². The molecule has 2 aromatic rings. The van der Waals surface area contributed by atoms with Gasteiger partial charge < -0.3 is 4.74 Å². The van der Waals surface area contributed by atoms with E-state index in [9.17, 15) is 14.5 Å². The van der Waals surface area contributed by atoms with E-state index in [2.05, 4.69) is 4.98 Å². The van der Waals surface area contributed by atoms with Crippen LogP contribution in [0.2, 0.25) is 5.02 Å². The average molecular weight is 420 g/mol. The Balaban J connectivity index is 2.53. The third kappa shape index (κ3) is 3.37. The van der Waals surface area contributed by atoms with Crippen molar-refractivity contribution in [1.29, 1.82) is 5.26 Å². The Kier molecular flexibility index (Phi) is 4.54. The van der Waals surface area contributed by atoms with Gasteiger partial charge in [0.2, 0.25) is 5.75 Å². The molecule has 2 rings (SSSR count). The molecule has 1 aromatic heterocycles. The number of nitro benzene ring substituents is 1. The SMILES string of the molecule is N#Cc1cc(I)c(Oc2ncc(Cl)cc2F)c([N+](=O)[O-])c1. The molecule has 0 saturated carbocycles. The fraction of sp³-hybridized carbons (Fsp3) is 0. The molecule has 0 N–H and O–H groups in total. The number of pyridine rings is 1. The van der Waals surface area contributed by atoms with E-state index in [4.69, 9.17) is 21.6 Å². The van der Waals surface area contributed by atoms with Crippen molar-refractivity contribution in [3.63, 3.8) is 0 Å². The van der Waals surface area contributed by atoms with Crippen molar-refractivity contribution in [3.8, 4) is 17.7 Å². The third-order valence-corrected chi connectivity index (χ3v) is 3.33. The fourth-order valence-electron chi connectivity index (χ4n) is 1.45. The van der Waals surface area contributed by atoms with Crippen molar-refractivity contribution in [2.75, 3.05) is 0 Å². The molecular weight excluding hydrogens is 416 g/mol. The average Bonchev–Trinajstić information content (AvgIpc) is 2.42. The van der Waals surface area contributed by atoms with Crippen molar-refractivity contribution >= 4 is 39.9 Å². The van der Waals surface area contributed by atoms with E-state index in [0.29, 0.717) is 0 Å². The normalized spacial score (nSPS) is 10.0. The molecule has 0 radical (unpaired) electrons. The number of nitriles is 1. The van der Waals surface area contributed by atoms with Crippen LogP contribution in [0.4, 0.5) is 10.1 Å². The van der Waals surface area contributed by atoms with Gasteiger partial charge in [-0.05, 0) is 34.7 Å². The molecule has 6 nitrogen and oxygen atoms in total. The summed E-state index contributed by atoms with van der Waals surface area (Å²) in [5.74, 6) is -1.48. The molecule has 0 aliphatic heterocycles. The monoisotopic (exact) mass is 419 g/mol. The molecule has 0 saturated heterocycles. The predicted molar refractivity (Wildman–Crippen MR) is 79.8 cm³/mol. The zero-order chi connectivity index (χ0) is 15.6. The standard InChI is InChI=1S/C12H4ClFIN3O3/c13-7-3-8(14)12(17-5-7)21-11-9(15)1-6(4-16)2-10(11)18(19)20/h1-3,5H. The molecule has 0 aliphatic rings. The fourth-order valence-corrected chi connectivity index (χ4v) is 2.32. The lowest BCUT2D eigenvalue weighted by Gasteiger charge is -2.08. The van der Waals surface area contributed by atoms with Crippen LogP contribution in [0.5, 0.6) is 11.6 Å². The van der Waals surface area contributed by atoms with E-state index >= 15 is 0 Å². The molecule has 9 heteroatoms. The van der Waals surface area contributed by atoms with Gasteiger partial charge in [0.05, 0.1) is 25.1 Å². The number of benzene rings is 1. The zero-order valence-electron chi connectivity index (χ0n) is 10.0. The molecule has 21 heavy (non-hydrogen) atoms. The Labute approximate surface area is 136 Å². The number of hydrogen-bond donors (Lipinski definition) is 0. The van der Waals surface area contributed by atoms with Gasteiger partial charge in [-0.2, -0.15) is 5.26 Å². The van der Waals surface area contributed by atoms with E-state index < -0.39 is 22.3 Å². The molecule has 0 bridgehead atoms. The number of hydrogen-bond acceptors (Lipinski definition) is 5. The summed E-state index contributed by atoms with van der Waals surface area (Å²) in [5, 5.41) is 19.9. The number of nitro groups is 1. The number of halogens is 3. The van der Waals surface area contributed by atoms with Crippen molar-refractivity contribution in [2.24, 2.45) is 0 Å². The van der Waals surface area contributed by atoms with E-state index in [0.717, 1.165) is 18.3 Å². The Morgan fingerprint density at radius 3 is 2.76 bits per heavy atom. The molecule has 1 heterocycles. The highest BCUT2D eigenvalue weighted by Gasteiger charge is 2.22. The Bertz CT molecular complexity index is 779. The summed E-state index contributed by atoms with van der Waals surface area (Å²) in [5.41, 5.74) is -0.349. The molecule has 106 valence electrons. The molecule has 0 aliphatic carbocycles. The molecule has 1 aromatic carbocycles. The van der Waals surface area contributed by atoms with Gasteiger partial charge in [-0.15, -0.1) is 0 Å². The maximum atomic E-state index is 13.6. The van der Waals surface area contributed by atoms with Crippen LogP contribution in [0, 0.1) is 30.8 Å². The lowest BCUT2D eigenvalue weighted by Crippen LogP contribution is -1.99. The lowest BCUT2D eigenvalue weighted by atomic mass is 10.2. The third-order valence-electron chi connectivity index (χ3n) is 2.32. The van der Waals surface area contributed by atoms with Gasteiger partial charge in [0.1, 0.15) is 0 Å². The highest BCUT2D eigenvalue weighted by Crippen LogP contribution is 2.37. The predicted octanol–water partition coefficient (Wildman–Crippen LogP) is 4.05. The second-order valence-electron chi connectivity index (χ2n) is 3.72. The van der Waals surface area contributed by atoms with Crippen LogP contribution in [0.15, 0.2) is 24.4 Å². The van der Waals surface area contributed by atoms with Crippen LogP contribution < -0.4 is 4.74 Å². The summed E-state index contributed by atoms with van der Waals surface area (Å²) in [4.78, 5) is 14.0. The molecule has 0 spiro atoms. The highest BCUT2D eigenvalue weighted by molar-refractivity contribution is 14.1. The van der Waals surface area contributed by atoms with Gasteiger partial charge in [0.25, 0.3) is 5.88 Å². The first kappa shape index (κ1) is 15.4. The summed E-state index contributed by atoms with van der Waals surface area (Å²) >= 11 is 7.33. The van der Waals surface area contributed by atoms with Gasteiger partial charge in [0, 0.05) is 12.3 Å². The number of nitrogens with zero attached hydrogens (tertiary/aromatic N) is 3. The first-order chi connectivity index (χ1) is 9.92. The van der Waals surface area contributed by atoms with Gasteiger partial charge >= 0.3 is 5.69 Å². The van der Waals surface area contributed by atoms with Gasteiger partial charge in [0.15, 0.2) is 5.82 Å². The van der Waals surface area contributed by atoms with Crippen LogP contribution in [0.1, 0.15) is 5.56 Å². The molecule has 0 unspecified atom stereocenters. The van der Waals surface area contributed by atoms with E-state index in [-0.39, 0.29) is 19.9 Å². The Morgan fingerprint density at radius 1 is 1.48 bits per heavy atom. The van der Waals surface area contributed by atoms with Crippen molar-refractivity contribution in [3.05, 3.63) is 54.5 Å². The maximum absolute atomic E-state index is 13.6. The Hall–Kier alpha value is -1.99. The minimum absolute atomic E-state index is 0.0730. The highest BCUT2D eigenvalue weighted by atomic mass is 127. The summed E-state index contributed by atoms with van der Waals surface area (Å²) in [6.07, 6.45) is 1.16. The van der Waals surface area contributed by atoms with Gasteiger partial charge in [-0.1, -0.05) is 11.6 Å². The Morgan fingerprint density at radius 2 is 2.19 bits per heavy atom. The molecule has 0 fully saturated rings. The summed E-state index contributed by atoms with van der Waals surface area (Å²) < 4.78 is 19.1. The first-order valence-corrected chi connectivity index (χ1v) is 6.75. The minimum Gasteiger partial charge on any atom is -0.428 e. The largest absolute Gasteiger partial charge is 0.428 e. The van der Waals surface area contributed by atoms with Gasteiger partial charge in [-0.3, -0.25) is 10.1 Å². The van der Waals surface area contributed by atoms with Crippen molar-refractivity contribution < 1.29 is 14.1 Å². The second kappa shape index (κ2) is 6.19. The summed E-state index contributed by atoms with van der Waals surface area (Å²) in [7, 11) is 0. The number of aromatic nitrogens is 1. The quantitative estimate of drug-likeness (QED) is 0.425. The van der Waals surface area contributed by atoms with Crippen LogP contribution in [0.3, 0.4) is 0 Å². The molecular formula is C12H4ClFIN3O3. The lowest BCUT2D eigenvalue weighted by molar-refractivity contribution is -0.385. The molecule has 0 amide bonds. The topological polar surface area (TPSA) is 89.0 Å². The molecule has 0 atom stereocenters. The maximum Gasteiger partial charge on any atom is 0.314 e. The second-order valence-corrected chi connectivity index (χ2v) is 5.32. The van der Waals surface area contributed by atoms with Crippen LogP contribution in [-0.4, -0.2) is 9.91 Å². The first-order valence-electron chi connectivity index (χ1n) is 5.29. The number of rotatable bonds is 3. The smallest absolute Gasteiger partial charge is 0.314 e. The number of ether oxygens (including phenoxy) is 1. The van der Waals surface area contributed by atoms with Crippen LogP contribution >= 0.6 is 34.2 Å². The van der Waals surface area contributed by atoms with Crippen molar-refractivity contribution in [2.45, 2.75) is 0 Å². The zero-order valence-corrected chi connectivity index (χ0v) is 12.9. The van der Waals surface area contributed by atoms with Crippen molar-refractivity contribution in [1.82, 2.24) is 4.98 Å². The van der Waals surface area contributed by atoms with E-state index in [1.54, 1.807) is 28.7 Å². The van der Waals surface area contributed by atoms with Crippen LogP contribution in [0.25, 0.3) is 0 Å². The summed E-state index contributed by atoms with van der Waals surface area (Å²) in [6.45, 7) is 0. The van der Waals surface area contributed by atoms with Crippen LogP contribution in [-0.2, 0) is 0 Å².